The second-order valence-electron chi connectivity index (χ2n) is 3.06. The molecule has 5 nitrogen and oxygen atoms in total. The summed E-state index contributed by atoms with van der Waals surface area (Å²) in [5.41, 5.74) is 3.11. The summed E-state index contributed by atoms with van der Waals surface area (Å²) >= 11 is 12.9. The van der Waals surface area contributed by atoms with E-state index in [4.69, 9.17) is 33.8 Å². The number of hydrogen-bond acceptors (Lipinski definition) is 6. The fourth-order valence-corrected chi connectivity index (χ4v) is 1.96. The number of ether oxygens (including phenoxy) is 1. The molecular formula is C9H8Cl2N4OS. The standard InChI is InChI=1S/C9H8Cl2N4OS/c10-5-1-2-6(11)8(3-5)16-4-7-9(13-12)17-15-14-7/h1-3,13H,4,12H2. The van der Waals surface area contributed by atoms with Crippen molar-refractivity contribution < 1.29 is 4.74 Å². The molecule has 2 rings (SSSR count). The van der Waals surface area contributed by atoms with Gasteiger partial charge in [0, 0.05) is 22.6 Å². The average Bonchev–Trinajstić information content (AvgIpc) is 2.77. The van der Waals surface area contributed by atoms with Crippen molar-refractivity contribution in [1.82, 2.24) is 9.59 Å². The summed E-state index contributed by atoms with van der Waals surface area (Å²) in [6.45, 7) is 0.218. The molecule has 0 aliphatic heterocycles. The maximum absolute atomic E-state index is 5.95. The number of hydrazine groups is 1. The van der Waals surface area contributed by atoms with Crippen molar-refractivity contribution in [3.05, 3.63) is 33.9 Å². The number of anilines is 1. The fraction of sp³-hybridized carbons (Fsp3) is 0.111. The van der Waals surface area contributed by atoms with Crippen LogP contribution in [0.1, 0.15) is 5.69 Å². The lowest BCUT2D eigenvalue weighted by molar-refractivity contribution is 0.302. The van der Waals surface area contributed by atoms with Gasteiger partial charge in [0.15, 0.2) is 5.00 Å². The summed E-state index contributed by atoms with van der Waals surface area (Å²) in [6, 6.07) is 4.99. The molecule has 1 aromatic heterocycles. The Kier molecular flexibility index (Phi) is 4.01. The van der Waals surface area contributed by atoms with Crippen LogP contribution in [-0.2, 0) is 6.61 Å². The van der Waals surface area contributed by atoms with Gasteiger partial charge in [0.2, 0.25) is 0 Å². The quantitative estimate of drug-likeness (QED) is 0.669. The zero-order valence-electron chi connectivity index (χ0n) is 8.48. The molecule has 0 fully saturated rings. The molecule has 2 aromatic rings. The number of benzene rings is 1. The molecule has 0 aliphatic carbocycles. The molecule has 0 saturated carbocycles. The lowest BCUT2D eigenvalue weighted by Crippen LogP contribution is -2.08. The van der Waals surface area contributed by atoms with E-state index in [9.17, 15) is 0 Å². The lowest BCUT2D eigenvalue weighted by atomic mass is 10.3. The average molecular weight is 291 g/mol. The van der Waals surface area contributed by atoms with Gasteiger partial charge in [0.1, 0.15) is 18.1 Å². The molecule has 90 valence electrons. The molecule has 0 amide bonds. The Labute approximate surface area is 112 Å². The van der Waals surface area contributed by atoms with E-state index in [0.29, 0.717) is 26.5 Å². The molecule has 0 saturated heterocycles. The van der Waals surface area contributed by atoms with Crippen LogP contribution in [0.25, 0.3) is 0 Å². The highest BCUT2D eigenvalue weighted by Crippen LogP contribution is 2.29. The minimum atomic E-state index is 0.218. The molecule has 0 radical (unpaired) electrons. The van der Waals surface area contributed by atoms with Crippen LogP contribution in [0, 0.1) is 0 Å². The van der Waals surface area contributed by atoms with Crippen LogP contribution >= 0.6 is 34.7 Å². The zero-order chi connectivity index (χ0) is 12.3. The first kappa shape index (κ1) is 12.4. The topological polar surface area (TPSA) is 73.1 Å². The second-order valence-corrected chi connectivity index (χ2v) is 4.65. The Morgan fingerprint density at radius 3 is 3.00 bits per heavy atom. The molecule has 1 aromatic carbocycles. The van der Waals surface area contributed by atoms with E-state index in [1.54, 1.807) is 18.2 Å². The van der Waals surface area contributed by atoms with Crippen molar-refractivity contribution in [1.29, 1.82) is 0 Å². The molecular weight excluding hydrogens is 283 g/mol. The minimum absolute atomic E-state index is 0.218. The molecule has 0 aliphatic rings. The van der Waals surface area contributed by atoms with Crippen LogP contribution in [-0.4, -0.2) is 9.59 Å². The highest BCUT2D eigenvalue weighted by atomic mass is 35.5. The van der Waals surface area contributed by atoms with Gasteiger partial charge in [0.25, 0.3) is 0 Å². The Bertz CT molecular complexity index is 519. The second kappa shape index (κ2) is 5.50. The number of aromatic nitrogens is 2. The summed E-state index contributed by atoms with van der Waals surface area (Å²) in [5.74, 6) is 5.79. The first-order chi connectivity index (χ1) is 8.20. The summed E-state index contributed by atoms with van der Waals surface area (Å²) in [5, 5.41) is 5.57. The maximum Gasteiger partial charge on any atom is 0.150 e. The summed E-state index contributed by atoms with van der Waals surface area (Å²) in [7, 11) is 0. The van der Waals surface area contributed by atoms with Gasteiger partial charge < -0.3 is 10.2 Å². The molecule has 0 unspecified atom stereocenters. The smallest absolute Gasteiger partial charge is 0.150 e. The van der Waals surface area contributed by atoms with Gasteiger partial charge in [0.05, 0.1) is 5.02 Å². The van der Waals surface area contributed by atoms with Crippen molar-refractivity contribution >= 4 is 39.7 Å². The third-order valence-electron chi connectivity index (χ3n) is 1.94. The number of halogens is 2. The van der Waals surface area contributed by atoms with Crippen LogP contribution in [0.5, 0.6) is 5.75 Å². The third-order valence-corrected chi connectivity index (χ3v) is 3.19. The fourth-order valence-electron chi connectivity index (χ4n) is 1.15. The van der Waals surface area contributed by atoms with E-state index in [-0.39, 0.29) is 6.61 Å². The van der Waals surface area contributed by atoms with E-state index in [0.717, 1.165) is 11.5 Å². The highest BCUT2D eigenvalue weighted by Gasteiger charge is 2.09. The number of hydrogen-bond donors (Lipinski definition) is 2. The van der Waals surface area contributed by atoms with E-state index in [1.807, 2.05) is 0 Å². The molecule has 0 bridgehead atoms. The van der Waals surface area contributed by atoms with Gasteiger partial charge in [-0.25, -0.2) is 5.84 Å². The first-order valence-corrected chi connectivity index (χ1v) is 6.09. The number of nitrogen functional groups attached to an aromatic ring is 1. The normalized spacial score (nSPS) is 10.3. The number of rotatable bonds is 4. The van der Waals surface area contributed by atoms with Crippen LogP contribution < -0.4 is 16.0 Å². The predicted molar refractivity (Wildman–Crippen MR) is 68.5 cm³/mol. The molecule has 17 heavy (non-hydrogen) atoms. The Morgan fingerprint density at radius 1 is 1.41 bits per heavy atom. The summed E-state index contributed by atoms with van der Waals surface area (Å²) in [6.07, 6.45) is 0. The Balaban J connectivity index is 2.09. The van der Waals surface area contributed by atoms with Crippen LogP contribution in [0.15, 0.2) is 18.2 Å². The van der Waals surface area contributed by atoms with Gasteiger partial charge in [-0.3, -0.25) is 0 Å². The third kappa shape index (κ3) is 2.98. The molecule has 8 heteroatoms. The summed E-state index contributed by atoms with van der Waals surface area (Å²) in [4.78, 5) is 0. The van der Waals surface area contributed by atoms with E-state index < -0.39 is 0 Å². The Hall–Kier alpha value is -1.08. The molecule has 3 N–H and O–H groups in total. The first-order valence-electron chi connectivity index (χ1n) is 4.56. The van der Waals surface area contributed by atoms with Gasteiger partial charge in [-0.1, -0.05) is 27.7 Å². The van der Waals surface area contributed by atoms with Crippen LogP contribution in [0.4, 0.5) is 5.00 Å². The Morgan fingerprint density at radius 2 is 2.24 bits per heavy atom. The summed E-state index contributed by atoms with van der Waals surface area (Å²) < 4.78 is 9.25. The van der Waals surface area contributed by atoms with Gasteiger partial charge >= 0.3 is 0 Å². The van der Waals surface area contributed by atoms with Crippen molar-refractivity contribution in [2.24, 2.45) is 5.84 Å². The lowest BCUT2D eigenvalue weighted by Gasteiger charge is -2.07. The van der Waals surface area contributed by atoms with Gasteiger partial charge in [-0.05, 0) is 12.1 Å². The van der Waals surface area contributed by atoms with Crippen molar-refractivity contribution in [2.45, 2.75) is 6.61 Å². The van der Waals surface area contributed by atoms with Crippen molar-refractivity contribution in [2.75, 3.05) is 5.43 Å². The molecule has 1 heterocycles. The van der Waals surface area contributed by atoms with Gasteiger partial charge in [-0.15, -0.1) is 5.10 Å². The van der Waals surface area contributed by atoms with E-state index >= 15 is 0 Å². The van der Waals surface area contributed by atoms with Crippen LogP contribution in [0.2, 0.25) is 10.0 Å². The minimum Gasteiger partial charge on any atom is -0.485 e. The maximum atomic E-state index is 5.95. The highest BCUT2D eigenvalue weighted by molar-refractivity contribution is 7.10. The number of nitrogens with two attached hydrogens (primary N) is 1. The number of nitrogens with one attached hydrogen (secondary N) is 1. The SMILES string of the molecule is NNc1snnc1COc1cc(Cl)ccc1Cl. The van der Waals surface area contributed by atoms with Crippen molar-refractivity contribution in [3.8, 4) is 5.75 Å². The molecule has 0 atom stereocenters. The number of nitrogens with zero attached hydrogens (tertiary/aromatic N) is 2. The predicted octanol–water partition coefficient (Wildman–Crippen LogP) is 2.71. The van der Waals surface area contributed by atoms with E-state index in [1.165, 1.54) is 0 Å². The van der Waals surface area contributed by atoms with Gasteiger partial charge in [-0.2, -0.15) is 0 Å². The van der Waals surface area contributed by atoms with Crippen LogP contribution in [0.3, 0.4) is 0 Å². The monoisotopic (exact) mass is 290 g/mol. The molecule has 0 spiro atoms. The van der Waals surface area contributed by atoms with Crippen molar-refractivity contribution in [3.63, 3.8) is 0 Å². The zero-order valence-corrected chi connectivity index (χ0v) is 10.8. The largest absolute Gasteiger partial charge is 0.485 e. The van der Waals surface area contributed by atoms with E-state index in [2.05, 4.69) is 15.0 Å².